The Morgan fingerprint density at radius 2 is 1.87 bits per heavy atom. The van der Waals surface area contributed by atoms with Gasteiger partial charge in [-0.3, -0.25) is 14.3 Å². The highest BCUT2D eigenvalue weighted by Crippen LogP contribution is 2.28. The highest BCUT2D eigenvalue weighted by Gasteiger charge is 2.36. The van der Waals surface area contributed by atoms with E-state index in [1.54, 1.807) is 29.0 Å². The quantitative estimate of drug-likeness (QED) is 0.607. The fourth-order valence-electron chi connectivity index (χ4n) is 4.13. The topological polar surface area (TPSA) is 58.4 Å². The fraction of sp³-hybridized carbons (Fsp3) is 0.320. The number of rotatable bonds is 6. The monoisotopic (exact) mass is 416 g/mol. The van der Waals surface area contributed by atoms with E-state index >= 15 is 0 Å². The van der Waals surface area contributed by atoms with Gasteiger partial charge < -0.3 is 9.80 Å². The highest BCUT2D eigenvalue weighted by molar-refractivity contribution is 6.02. The number of hydrogen-bond acceptors (Lipinski definition) is 3. The normalized spacial score (nSPS) is 16.6. The molecule has 1 atom stereocenters. The van der Waals surface area contributed by atoms with Gasteiger partial charge in [0.25, 0.3) is 5.91 Å². The summed E-state index contributed by atoms with van der Waals surface area (Å²) in [7, 11) is 1.79. The predicted octanol–water partition coefficient (Wildman–Crippen LogP) is 4.13. The molecule has 1 aliphatic rings. The SMILES string of the molecule is CCCC[C@H]1CN(c2cccc(-c3ccccc3)c2)C(=O)CN1C(=O)c1cnn(C)c1. The van der Waals surface area contributed by atoms with Crippen LogP contribution in [0.25, 0.3) is 11.1 Å². The molecular weight excluding hydrogens is 388 g/mol. The molecule has 2 amide bonds. The summed E-state index contributed by atoms with van der Waals surface area (Å²) in [5, 5.41) is 4.11. The molecule has 1 aliphatic heterocycles. The highest BCUT2D eigenvalue weighted by atomic mass is 16.2. The summed E-state index contributed by atoms with van der Waals surface area (Å²) >= 11 is 0. The van der Waals surface area contributed by atoms with Crippen molar-refractivity contribution in [3.05, 3.63) is 72.6 Å². The van der Waals surface area contributed by atoms with Crippen molar-refractivity contribution >= 4 is 17.5 Å². The maximum atomic E-state index is 13.1. The second-order valence-corrected chi connectivity index (χ2v) is 8.05. The maximum Gasteiger partial charge on any atom is 0.257 e. The zero-order chi connectivity index (χ0) is 21.8. The Hall–Kier alpha value is -3.41. The summed E-state index contributed by atoms with van der Waals surface area (Å²) in [6.07, 6.45) is 6.19. The Bertz CT molecular complexity index is 1060. The number of amides is 2. The molecule has 1 saturated heterocycles. The number of aromatic nitrogens is 2. The largest absolute Gasteiger partial charge is 0.324 e. The van der Waals surface area contributed by atoms with Crippen molar-refractivity contribution in [3.8, 4) is 11.1 Å². The van der Waals surface area contributed by atoms with Crippen molar-refractivity contribution in [1.82, 2.24) is 14.7 Å². The van der Waals surface area contributed by atoms with Gasteiger partial charge in [-0.15, -0.1) is 0 Å². The van der Waals surface area contributed by atoms with Gasteiger partial charge in [0.05, 0.1) is 17.8 Å². The van der Waals surface area contributed by atoms with Gasteiger partial charge in [0, 0.05) is 25.5 Å². The first-order valence-corrected chi connectivity index (χ1v) is 10.8. The van der Waals surface area contributed by atoms with E-state index in [4.69, 9.17) is 0 Å². The Balaban J connectivity index is 1.60. The van der Waals surface area contributed by atoms with Gasteiger partial charge in [0.15, 0.2) is 0 Å². The lowest BCUT2D eigenvalue weighted by Gasteiger charge is -2.41. The minimum atomic E-state index is -0.125. The van der Waals surface area contributed by atoms with Crippen LogP contribution in [-0.2, 0) is 11.8 Å². The van der Waals surface area contributed by atoms with Gasteiger partial charge in [0.2, 0.25) is 5.91 Å². The third-order valence-electron chi connectivity index (χ3n) is 5.81. The van der Waals surface area contributed by atoms with Crippen molar-refractivity contribution in [2.75, 3.05) is 18.0 Å². The first-order valence-electron chi connectivity index (χ1n) is 10.8. The van der Waals surface area contributed by atoms with Gasteiger partial charge in [-0.25, -0.2) is 0 Å². The van der Waals surface area contributed by atoms with Crippen LogP contribution in [-0.4, -0.2) is 45.6 Å². The van der Waals surface area contributed by atoms with Crippen LogP contribution in [0.5, 0.6) is 0 Å². The van der Waals surface area contributed by atoms with E-state index in [-0.39, 0.29) is 24.4 Å². The zero-order valence-corrected chi connectivity index (χ0v) is 18.1. The predicted molar refractivity (Wildman–Crippen MR) is 122 cm³/mol. The van der Waals surface area contributed by atoms with Crippen molar-refractivity contribution in [1.29, 1.82) is 0 Å². The van der Waals surface area contributed by atoms with E-state index in [1.807, 2.05) is 35.2 Å². The number of aryl methyl sites for hydroxylation is 1. The second kappa shape index (κ2) is 9.16. The van der Waals surface area contributed by atoms with E-state index in [1.165, 1.54) is 0 Å². The third kappa shape index (κ3) is 4.53. The van der Waals surface area contributed by atoms with E-state index in [0.717, 1.165) is 36.1 Å². The molecule has 160 valence electrons. The van der Waals surface area contributed by atoms with Gasteiger partial charge in [0.1, 0.15) is 6.54 Å². The first-order chi connectivity index (χ1) is 15.1. The molecule has 6 nitrogen and oxygen atoms in total. The van der Waals surface area contributed by atoms with E-state index in [0.29, 0.717) is 12.1 Å². The number of nitrogens with zero attached hydrogens (tertiary/aromatic N) is 4. The van der Waals surface area contributed by atoms with Crippen molar-refractivity contribution in [3.63, 3.8) is 0 Å². The van der Waals surface area contributed by atoms with E-state index in [2.05, 4.69) is 36.3 Å². The van der Waals surface area contributed by atoms with Crippen LogP contribution in [0, 0.1) is 0 Å². The summed E-state index contributed by atoms with van der Waals surface area (Å²) < 4.78 is 1.61. The number of piperazine rings is 1. The average molecular weight is 417 g/mol. The van der Waals surface area contributed by atoms with Gasteiger partial charge in [-0.1, -0.05) is 62.2 Å². The average Bonchev–Trinajstić information content (AvgIpc) is 3.24. The van der Waals surface area contributed by atoms with Crippen molar-refractivity contribution in [2.24, 2.45) is 7.05 Å². The number of anilines is 1. The Morgan fingerprint density at radius 3 is 2.58 bits per heavy atom. The van der Waals surface area contributed by atoms with Crippen molar-refractivity contribution < 1.29 is 9.59 Å². The standard InChI is InChI=1S/C25H28N4O2/c1-3-4-12-23-17-28(22-13-8-11-20(14-22)19-9-6-5-7-10-19)24(30)18-29(23)25(31)21-15-26-27(2)16-21/h5-11,13-16,23H,3-4,12,17-18H2,1-2H3/t23-/m0/s1. The molecule has 0 N–H and O–H groups in total. The molecule has 2 heterocycles. The lowest BCUT2D eigenvalue weighted by atomic mass is 10.0. The molecule has 0 radical (unpaired) electrons. The summed E-state index contributed by atoms with van der Waals surface area (Å²) in [4.78, 5) is 29.8. The number of carbonyl (C=O) groups is 2. The number of carbonyl (C=O) groups excluding carboxylic acids is 2. The minimum absolute atomic E-state index is 0.0225. The van der Waals surface area contributed by atoms with Gasteiger partial charge >= 0.3 is 0 Å². The van der Waals surface area contributed by atoms with E-state index < -0.39 is 0 Å². The lowest BCUT2D eigenvalue weighted by Crippen LogP contribution is -2.58. The molecule has 1 aromatic heterocycles. The van der Waals surface area contributed by atoms with Crippen LogP contribution in [0.2, 0.25) is 0 Å². The summed E-state index contributed by atoms with van der Waals surface area (Å²) in [5.41, 5.74) is 3.59. The molecule has 0 spiro atoms. The number of unbranched alkanes of at least 4 members (excludes halogenated alkanes) is 1. The molecule has 6 heteroatoms. The molecule has 0 saturated carbocycles. The fourth-order valence-corrected chi connectivity index (χ4v) is 4.13. The summed E-state index contributed by atoms with van der Waals surface area (Å²) in [6, 6.07) is 18.2. The molecule has 3 aromatic rings. The molecule has 31 heavy (non-hydrogen) atoms. The van der Waals surface area contributed by atoms with Crippen LogP contribution >= 0.6 is 0 Å². The molecule has 0 aliphatic carbocycles. The zero-order valence-electron chi connectivity index (χ0n) is 18.1. The molecule has 1 fully saturated rings. The number of benzene rings is 2. The number of hydrogen-bond donors (Lipinski definition) is 0. The van der Waals surface area contributed by atoms with Crippen LogP contribution in [0.1, 0.15) is 36.5 Å². The van der Waals surface area contributed by atoms with Crippen LogP contribution in [0.4, 0.5) is 5.69 Å². The first kappa shape index (κ1) is 20.8. The third-order valence-corrected chi connectivity index (χ3v) is 5.81. The molecular formula is C25H28N4O2. The summed E-state index contributed by atoms with van der Waals surface area (Å²) in [6.45, 7) is 2.73. The summed E-state index contributed by atoms with van der Waals surface area (Å²) in [5.74, 6) is -0.185. The second-order valence-electron chi connectivity index (χ2n) is 8.05. The van der Waals surface area contributed by atoms with Crippen molar-refractivity contribution in [2.45, 2.75) is 32.2 Å². The van der Waals surface area contributed by atoms with Crippen LogP contribution in [0.15, 0.2) is 67.0 Å². The van der Waals surface area contributed by atoms with E-state index in [9.17, 15) is 9.59 Å². The smallest absolute Gasteiger partial charge is 0.257 e. The van der Waals surface area contributed by atoms with Crippen LogP contribution in [0.3, 0.4) is 0 Å². The lowest BCUT2D eigenvalue weighted by molar-refractivity contribution is -0.121. The maximum absolute atomic E-state index is 13.1. The Labute approximate surface area is 183 Å². The Kier molecular flexibility index (Phi) is 6.16. The van der Waals surface area contributed by atoms with Crippen LogP contribution < -0.4 is 4.90 Å². The Morgan fingerprint density at radius 1 is 1.10 bits per heavy atom. The van der Waals surface area contributed by atoms with Gasteiger partial charge in [-0.05, 0) is 29.7 Å². The molecule has 0 unspecified atom stereocenters. The molecule has 2 aromatic carbocycles. The van der Waals surface area contributed by atoms with Gasteiger partial charge in [-0.2, -0.15) is 5.10 Å². The minimum Gasteiger partial charge on any atom is -0.324 e. The molecule has 0 bridgehead atoms. The molecule has 4 rings (SSSR count).